The summed E-state index contributed by atoms with van der Waals surface area (Å²) in [5.74, 6) is 0.245. The van der Waals surface area contributed by atoms with Gasteiger partial charge in [-0.05, 0) is 19.1 Å². The second-order valence-corrected chi connectivity index (χ2v) is 5.40. The summed E-state index contributed by atoms with van der Waals surface area (Å²) in [7, 11) is 0. The lowest BCUT2D eigenvalue weighted by Crippen LogP contribution is -2.51. The Labute approximate surface area is 137 Å². The number of piperazine rings is 1. The van der Waals surface area contributed by atoms with Crippen molar-refractivity contribution >= 4 is 11.7 Å². The number of ether oxygens (including phenoxy) is 1. The van der Waals surface area contributed by atoms with Crippen molar-refractivity contribution in [3.8, 4) is 6.07 Å². The molecule has 1 fully saturated rings. The minimum atomic E-state index is -4.45. The smallest absolute Gasteiger partial charge is 0.359 e. The Morgan fingerprint density at radius 1 is 1.38 bits per heavy atom. The van der Waals surface area contributed by atoms with Crippen LogP contribution in [-0.2, 0) is 9.53 Å². The molecule has 6 nitrogen and oxygen atoms in total. The first kappa shape index (κ1) is 18.0. The van der Waals surface area contributed by atoms with Crippen LogP contribution in [0.5, 0.6) is 0 Å². The van der Waals surface area contributed by atoms with E-state index in [1.165, 1.54) is 18.0 Å². The van der Waals surface area contributed by atoms with E-state index in [9.17, 15) is 18.0 Å². The average molecular weight is 342 g/mol. The van der Waals surface area contributed by atoms with E-state index in [0.29, 0.717) is 37.6 Å². The summed E-state index contributed by atoms with van der Waals surface area (Å²) < 4.78 is 41.0. The van der Waals surface area contributed by atoms with Crippen molar-refractivity contribution in [1.82, 2.24) is 9.88 Å². The molecular weight excluding hydrogens is 325 g/mol. The molecule has 1 aliphatic rings. The Morgan fingerprint density at radius 2 is 2.04 bits per heavy atom. The lowest BCUT2D eigenvalue weighted by molar-refractivity contribution is -0.188. The largest absolute Gasteiger partial charge is 0.411 e. The van der Waals surface area contributed by atoms with Crippen molar-refractivity contribution in [3.63, 3.8) is 0 Å². The fraction of sp³-hybridized carbons (Fsp3) is 0.533. The number of anilines is 1. The molecule has 1 aromatic heterocycles. The number of hydrogen-bond donors (Lipinski definition) is 0. The van der Waals surface area contributed by atoms with Gasteiger partial charge in [0.1, 0.15) is 24.6 Å². The summed E-state index contributed by atoms with van der Waals surface area (Å²) in [5, 5.41) is 8.75. The molecule has 0 saturated carbocycles. The van der Waals surface area contributed by atoms with Crippen molar-refractivity contribution < 1.29 is 22.7 Å². The normalized spacial score (nSPS) is 16.6. The van der Waals surface area contributed by atoms with Gasteiger partial charge in [0.15, 0.2) is 0 Å². The third-order valence-electron chi connectivity index (χ3n) is 3.64. The van der Waals surface area contributed by atoms with Gasteiger partial charge in [-0.2, -0.15) is 18.4 Å². The van der Waals surface area contributed by atoms with Crippen LogP contribution in [-0.4, -0.2) is 60.9 Å². The van der Waals surface area contributed by atoms with E-state index in [1.807, 2.05) is 11.0 Å². The van der Waals surface area contributed by atoms with Gasteiger partial charge in [0, 0.05) is 32.4 Å². The Kier molecular flexibility index (Phi) is 5.62. The summed E-state index contributed by atoms with van der Waals surface area (Å²) >= 11 is 0. The Hall–Kier alpha value is -2.34. The number of halogens is 3. The van der Waals surface area contributed by atoms with E-state index >= 15 is 0 Å². The van der Waals surface area contributed by atoms with Crippen molar-refractivity contribution in [3.05, 3.63) is 23.9 Å². The first-order valence-corrected chi connectivity index (χ1v) is 7.38. The molecule has 0 spiro atoms. The number of aromatic nitrogens is 1. The van der Waals surface area contributed by atoms with Crippen LogP contribution in [0.25, 0.3) is 0 Å². The number of carbonyl (C=O) groups excluding carboxylic acids is 1. The molecule has 0 radical (unpaired) electrons. The molecule has 0 bridgehead atoms. The molecule has 0 unspecified atom stereocenters. The van der Waals surface area contributed by atoms with E-state index in [4.69, 9.17) is 5.26 Å². The van der Waals surface area contributed by atoms with Gasteiger partial charge in [0.25, 0.3) is 5.91 Å². The van der Waals surface area contributed by atoms with Crippen molar-refractivity contribution in [1.29, 1.82) is 5.26 Å². The molecule has 0 N–H and O–H groups in total. The van der Waals surface area contributed by atoms with Gasteiger partial charge in [-0.25, -0.2) is 4.98 Å². The Bertz CT molecular complexity index is 605. The van der Waals surface area contributed by atoms with Gasteiger partial charge >= 0.3 is 6.18 Å². The topological polar surface area (TPSA) is 69.5 Å². The van der Waals surface area contributed by atoms with Gasteiger partial charge in [0.05, 0.1) is 5.56 Å². The van der Waals surface area contributed by atoms with E-state index < -0.39 is 24.8 Å². The summed E-state index contributed by atoms with van der Waals surface area (Å²) in [4.78, 5) is 19.7. The van der Waals surface area contributed by atoms with E-state index in [1.54, 1.807) is 12.1 Å². The summed E-state index contributed by atoms with van der Waals surface area (Å²) in [6.07, 6.45) is -4.11. The number of pyridine rings is 1. The lowest BCUT2D eigenvalue weighted by Gasteiger charge is -2.36. The van der Waals surface area contributed by atoms with Crippen LogP contribution in [0.2, 0.25) is 0 Å². The molecular formula is C15H17F3N4O2. The summed E-state index contributed by atoms with van der Waals surface area (Å²) in [6, 6.07) is 5.37. The first-order chi connectivity index (χ1) is 11.3. The quantitative estimate of drug-likeness (QED) is 0.831. The highest BCUT2D eigenvalue weighted by Gasteiger charge is 2.32. The highest BCUT2D eigenvalue weighted by atomic mass is 19.4. The van der Waals surface area contributed by atoms with Crippen LogP contribution in [0.15, 0.2) is 18.3 Å². The minimum absolute atomic E-state index is 0.375. The van der Waals surface area contributed by atoms with Gasteiger partial charge < -0.3 is 14.5 Å². The summed E-state index contributed by atoms with van der Waals surface area (Å²) in [5.41, 5.74) is 0.461. The van der Waals surface area contributed by atoms with E-state index in [-0.39, 0.29) is 0 Å². The average Bonchev–Trinajstić information content (AvgIpc) is 2.58. The van der Waals surface area contributed by atoms with Crippen LogP contribution in [0.3, 0.4) is 0 Å². The van der Waals surface area contributed by atoms with Crippen LogP contribution in [0.1, 0.15) is 12.5 Å². The zero-order valence-corrected chi connectivity index (χ0v) is 13.1. The predicted octanol–water partition coefficient (Wildman–Crippen LogP) is 1.57. The molecule has 1 atom stereocenters. The fourth-order valence-electron chi connectivity index (χ4n) is 2.34. The third kappa shape index (κ3) is 4.83. The zero-order valence-electron chi connectivity index (χ0n) is 13.1. The molecule has 2 heterocycles. The highest BCUT2D eigenvalue weighted by molar-refractivity contribution is 5.80. The predicted molar refractivity (Wildman–Crippen MR) is 79.2 cm³/mol. The van der Waals surface area contributed by atoms with Gasteiger partial charge in [-0.15, -0.1) is 0 Å². The van der Waals surface area contributed by atoms with E-state index in [2.05, 4.69) is 9.72 Å². The molecule has 1 aliphatic heterocycles. The Balaban J connectivity index is 1.85. The molecule has 0 aliphatic carbocycles. The van der Waals surface area contributed by atoms with Crippen LogP contribution >= 0.6 is 0 Å². The second kappa shape index (κ2) is 7.49. The van der Waals surface area contributed by atoms with E-state index in [0.717, 1.165) is 0 Å². The standard InChI is InChI=1S/C15H17F3N4O2/c1-11(24-10-15(16,17)18)14(23)22-6-4-21(5-7-22)13-3-2-12(8-19)9-20-13/h2-3,9,11H,4-7,10H2,1H3/t11-/m1/s1. The van der Waals surface area contributed by atoms with Gasteiger partial charge in [0.2, 0.25) is 0 Å². The number of amides is 1. The van der Waals surface area contributed by atoms with Gasteiger partial charge in [-0.3, -0.25) is 4.79 Å². The van der Waals surface area contributed by atoms with Crippen molar-refractivity contribution in [2.75, 3.05) is 37.7 Å². The first-order valence-electron chi connectivity index (χ1n) is 7.38. The third-order valence-corrected chi connectivity index (χ3v) is 3.64. The zero-order chi connectivity index (χ0) is 17.7. The number of nitriles is 1. The van der Waals surface area contributed by atoms with Crippen LogP contribution < -0.4 is 4.90 Å². The van der Waals surface area contributed by atoms with Crippen molar-refractivity contribution in [2.24, 2.45) is 0 Å². The maximum Gasteiger partial charge on any atom is 0.411 e. The maximum absolute atomic E-state index is 12.1. The molecule has 24 heavy (non-hydrogen) atoms. The molecule has 2 rings (SSSR count). The number of rotatable bonds is 4. The van der Waals surface area contributed by atoms with Crippen molar-refractivity contribution in [2.45, 2.75) is 19.2 Å². The second-order valence-electron chi connectivity index (χ2n) is 5.40. The lowest BCUT2D eigenvalue weighted by atomic mass is 10.2. The number of alkyl halides is 3. The highest BCUT2D eigenvalue weighted by Crippen LogP contribution is 2.17. The molecule has 1 aromatic rings. The molecule has 1 saturated heterocycles. The fourth-order valence-corrected chi connectivity index (χ4v) is 2.34. The minimum Gasteiger partial charge on any atom is -0.359 e. The van der Waals surface area contributed by atoms with Gasteiger partial charge in [-0.1, -0.05) is 0 Å². The molecule has 9 heteroatoms. The van der Waals surface area contributed by atoms with Crippen LogP contribution in [0, 0.1) is 11.3 Å². The monoisotopic (exact) mass is 342 g/mol. The van der Waals surface area contributed by atoms with Crippen LogP contribution in [0.4, 0.5) is 19.0 Å². The summed E-state index contributed by atoms with van der Waals surface area (Å²) in [6.45, 7) is 1.66. The molecule has 0 aromatic carbocycles. The Morgan fingerprint density at radius 3 is 2.54 bits per heavy atom. The maximum atomic E-state index is 12.1. The molecule has 130 valence electrons. The number of nitrogens with zero attached hydrogens (tertiary/aromatic N) is 4. The number of carbonyl (C=O) groups is 1. The molecule has 1 amide bonds. The number of hydrogen-bond acceptors (Lipinski definition) is 5. The SMILES string of the molecule is C[C@@H](OCC(F)(F)F)C(=O)N1CCN(c2ccc(C#N)cn2)CC1.